The van der Waals surface area contributed by atoms with Crippen LogP contribution < -0.4 is 20.1 Å². The standard InChI is InChI=1S/C20H22N2O4/c1-3-26-18-10-5-4-9-17(18)22-20(24)16-12-15(16)19(23)21-13-7-6-8-14(11-13)25-2/h4-11,15-16H,3,12H2,1-2H3,(H,21,23)(H,22,24). The SMILES string of the molecule is CCOc1ccccc1NC(=O)C1CC1C(=O)Nc1cccc(OC)c1. The third kappa shape index (κ3) is 4.14. The van der Waals surface area contributed by atoms with Crippen molar-refractivity contribution >= 4 is 23.2 Å². The molecule has 1 saturated carbocycles. The molecule has 0 bridgehead atoms. The summed E-state index contributed by atoms with van der Waals surface area (Å²) in [6, 6.07) is 14.4. The number of amides is 2. The number of carbonyl (C=O) groups excluding carboxylic acids is 2. The van der Waals surface area contributed by atoms with Gasteiger partial charge in [0.2, 0.25) is 11.8 Å². The van der Waals surface area contributed by atoms with E-state index >= 15 is 0 Å². The number of hydrogen-bond donors (Lipinski definition) is 2. The van der Waals surface area contributed by atoms with Gasteiger partial charge in [-0.2, -0.15) is 0 Å². The Bertz CT molecular complexity index is 806. The van der Waals surface area contributed by atoms with Crippen LogP contribution in [0.1, 0.15) is 13.3 Å². The molecule has 2 aromatic carbocycles. The van der Waals surface area contributed by atoms with Crippen molar-refractivity contribution < 1.29 is 19.1 Å². The third-order valence-electron chi connectivity index (χ3n) is 4.25. The number of carbonyl (C=O) groups is 2. The Morgan fingerprint density at radius 3 is 2.50 bits per heavy atom. The average molecular weight is 354 g/mol. The highest BCUT2D eigenvalue weighted by Gasteiger charge is 2.48. The first-order chi connectivity index (χ1) is 12.6. The van der Waals surface area contributed by atoms with Crippen LogP contribution in [0.5, 0.6) is 11.5 Å². The van der Waals surface area contributed by atoms with E-state index in [0.29, 0.717) is 35.9 Å². The second kappa shape index (κ2) is 7.91. The molecule has 0 spiro atoms. The van der Waals surface area contributed by atoms with Crippen LogP contribution in [-0.2, 0) is 9.59 Å². The highest BCUT2D eigenvalue weighted by Crippen LogP contribution is 2.41. The van der Waals surface area contributed by atoms with Crippen molar-refractivity contribution in [3.63, 3.8) is 0 Å². The molecular weight excluding hydrogens is 332 g/mol. The Morgan fingerprint density at radius 2 is 1.77 bits per heavy atom. The molecule has 1 aliphatic carbocycles. The van der Waals surface area contributed by atoms with Crippen LogP contribution >= 0.6 is 0 Å². The Kier molecular flexibility index (Phi) is 5.41. The molecule has 2 unspecified atom stereocenters. The zero-order valence-electron chi connectivity index (χ0n) is 14.8. The van der Waals surface area contributed by atoms with Gasteiger partial charge in [0.05, 0.1) is 31.2 Å². The Hall–Kier alpha value is -3.02. The lowest BCUT2D eigenvalue weighted by Crippen LogP contribution is -2.20. The molecule has 0 heterocycles. The van der Waals surface area contributed by atoms with Crippen LogP contribution in [0.15, 0.2) is 48.5 Å². The topological polar surface area (TPSA) is 76.7 Å². The van der Waals surface area contributed by atoms with E-state index in [1.165, 1.54) is 0 Å². The van der Waals surface area contributed by atoms with E-state index in [9.17, 15) is 9.59 Å². The summed E-state index contributed by atoms with van der Waals surface area (Å²) < 4.78 is 10.6. The van der Waals surface area contributed by atoms with Crippen molar-refractivity contribution in [1.29, 1.82) is 0 Å². The monoisotopic (exact) mass is 354 g/mol. The largest absolute Gasteiger partial charge is 0.497 e. The van der Waals surface area contributed by atoms with Gasteiger partial charge in [0, 0.05) is 11.8 Å². The number of para-hydroxylation sites is 2. The quantitative estimate of drug-likeness (QED) is 0.800. The maximum atomic E-state index is 12.4. The number of methoxy groups -OCH3 is 1. The lowest BCUT2D eigenvalue weighted by Gasteiger charge is -2.11. The molecule has 2 aromatic rings. The van der Waals surface area contributed by atoms with Gasteiger partial charge in [-0.25, -0.2) is 0 Å². The van der Waals surface area contributed by atoms with Crippen LogP contribution in [0, 0.1) is 11.8 Å². The molecule has 1 aliphatic rings. The van der Waals surface area contributed by atoms with Gasteiger partial charge in [0.1, 0.15) is 11.5 Å². The zero-order chi connectivity index (χ0) is 18.5. The first kappa shape index (κ1) is 17.8. The van der Waals surface area contributed by atoms with Crippen molar-refractivity contribution in [2.75, 3.05) is 24.4 Å². The van der Waals surface area contributed by atoms with E-state index in [1.807, 2.05) is 19.1 Å². The molecule has 2 atom stereocenters. The predicted molar refractivity (Wildman–Crippen MR) is 99.5 cm³/mol. The fourth-order valence-electron chi connectivity index (χ4n) is 2.79. The molecule has 2 amide bonds. The summed E-state index contributed by atoms with van der Waals surface area (Å²) in [5.41, 5.74) is 1.28. The van der Waals surface area contributed by atoms with Gasteiger partial charge in [-0.3, -0.25) is 9.59 Å². The zero-order valence-corrected chi connectivity index (χ0v) is 14.8. The lowest BCUT2D eigenvalue weighted by molar-refractivity contribution is -0.122. The molecule has 3 rings (SSSR count). The van der Waals surface area contributed by atoms with Gasteiger partial charge in [-0.1, -0.05) is 18.2 Å². The number of hydrogen-bond acceptors (Lipinski definition) is 4. The molecule has 0 aromatic heterocycles. The molecule has 0 aliphatic heterocycles. The predicted octanol–water partition coefficient (Wildman–Crippen LogP) is 3.31. The molecule has 136 valence electrons. The summed E-state index contributed by atoms with van der Waals surface area (Å²) in [6.45, 7) is 2.40. The fraction of sp³-hybridized carbons (Fsp3) is 0.300. The summed E-state index contributed by atoms with van der Waals surface area (Å²) in [5.74, 6) is 0.331. The molecule has 6 nitrogen and oxygen atoms in total. The molecular formula is C20H22N2O4. The minimum absolute atomic E-state index is 0.156. The maximum Gasteiger partial charge on any atom is 0.228 e. The van der Waals surface area contributed by atoms with Crippen LogP contribution in [0.2, 0.25) is 0 Å². The van der Waals surface area contributed by atoms with Crippen LogP contribution in [0.4, 0.5) is 11.4 Å². The molecule has 0 saturated heterocycles. The van der Waals surface area contributed by atoms with E-state index in [4.69, 9.17) is 9.47 Å². The summed E-state index contributed by atoms with van der Waals surface area (Å²) >= 11 is 0. The van der Waals surface area contributed by atoms with E-state index in [0.717, 1.165) is 0 Å². The van der Waals surface area contributed by atoms with Crippen molar-refractivity contribution in [2.45, 2.75) is 13.3 Å². The fourth-order valence-corrected chi connectivity index (χ4v) is 2.79. The summed E-state index contributed by atoms with van der Waals surface area (Å²) in [5, 5.41) is 5.70. The minimum atomic E-state index is -0.324. The number of ether oxygens (including phenoxy) is 2. The van der Waals surface area contributed by atoms with Gasteiger partial charge in [-0.15, -0.1) is 0 Å². The van der Waals surface area contributed by atoms with Crippen LogP contribution in [0.25, 0.3) is 0 Å². The van der Waals surface area contributed by atoms with Crippen molar-refractivity contribution in [3.05, 3.63) is 48.5 Å². The van der Waals surface area contributed by atoms with E-state index < -0.39 is 0 Å². The number of nitrogens with one attached hydrogen (secondary N) is 2. The number of rotatable bonds is 7. The molecule has 6 heteroatoms. The van der Waals surface area contributed by atoms with Crippen molar-refractivity contribution in [1.82, 2.24) is 0 Å². The van der Waals surface area contributed by atoms with Gasteiger partial charge in [-0.05, 0) is 37.6 Å². The number of benzene rings is 2. The summed E-state index contributed by atoms with van der Waals surface area (Å²) in [6.07, 6.45) is 0.540. The first-order valence-corrected chi connectivity index (χ1v) is 8.60. The smallest absolute Gasteiger partial charge is 0.228 e. The van der Waals surface area contributed by atoms with E-state index in [-0.39, 0.29) is 23.7 Å². The summed E-state index contributed by atoms with van der Waals surface area (Å²) in [7, 11) is 1.57. The average Bonchev–Trinajstić information content (AvgIpc) is 3.45. The third-order valence-corrected chi connectivity index (χ3v) is 4.25. The van der Waals surface area contributed by atoms with Crippen LogP contribution in [0.3, 0.4) is 0 Å². The maximum absolute atomic E-state index is 12.4. The van der Waals surface area contributed by atoms with Crippen molar-refractivity contribution in [3.8, 4) is 11.5 Å². The van der Waals surface area contributed by atoms with Gasteiger partial charge in [0.15, 0.2) is 0 Å². The van der Waals surface area contributed by atoms with E-state index in [2.05, 4.69) is 10.6 Å². The lowest BCUT2D eigenvalue weighted by atomic mass is 10.2. The molecule has 1 fully saturated rings. The highest BCUT2D eigenvalue weighted by atomic mass is 16.5. The Labute approximate surface area is 152 Å². The normalized spacial score (nSPS) is 17.9. The van der Waals surface area contributed by atoms with Crippen molar-refractivity contribution in [2.24, 2.45) is 11.8 Å². The second-order valence-corrected chi connectivity index (χ2v) is 6.09. The molecule has 2 N–H and O–H groups in total. The van der Waals surface area contributed by atoms with Gasteiger partial charge < -0.3 is 20.1 Å². The van der Waals surface area contributed by atoms with Gasteiger partial charge in [0.25, 0.3) is 0 Å². The Balaban J connectivity index is 1.57. The summed E-state index contributed by atoms with van der Waals surface area (Å²) in [4.78, 5) is 24.8. The van der Waals surface area contributed by atoms with Gasteiger partial charge >= 0.3 is 0 Å². The minimum Gasteiger partial charge on any atom is -0.497 e. The molecule has 26 heavy (non-hydrogen) atoms. The molecule has 0 radical (unpaired) electrons. The highest BCUT2D eigenvalue weighted by molar-refractivity contribution is 6.03. The van der Waals surface area contributed by atoms with Crippen LogP contribution in [-0.4, -0.2) is 25.5 Å². The van der Waals surface area contributed by atoms with E-state index in [1.54, 1.807) is 43.5 Å². The Morgan fingerprint density at radius 1 is 1.04 bits per heavy atom. The first-order valence-electron chi connectivity index (χ1n) is 8.60. The second-order valence-electron chi connectivity index (χ2n) is 6.09. The number of anilines is 2.